The van der Waals surface area contributed by atoms with Crippen molar-refractivity contribution < 1.29 is 13.2 Å². The van der Waals surface area contributed by atoms with Crippen LogP contribution in [0.3, 0.4) is 0 Å². The van der Waals surface area contributed by atoms with Gasteiger partial charge in [-0.25, -0.2) is 8.42 Å². The number of halogens is 2. The molecule has 28 heavy (non-hydrogen) atoms. The topological polar surface area (TPSA) is 95.7 Å². The van der Waals surface area contributed by atoms with Crippen molar-refractivity contribution in [2.75, 3.05) is 33.2 Å². The molecule has 1 saturated carbocycles. The van der Waals surface area contributed by atoms with Crippen molar-refractivity contribution in [2.45, 2.75) is 36.7 Å². The maximum atomic E-state index is 13.0. The van der Waals surface area contributed by atoms with Crippen LogP contribution in [-0.2, 0) is 21.4 Å². The van der Waals surface area contributed by atoms with Gasteiger partial charge < -0.3 is 16.0 Å². The highest BCUT2D eigenvalue weighted by molar-refractivity contribution is 7.89. The van der Waals surface area contributed by atoms with Crippen LogP contribution in [0.5, 0.6) is 0 Å². The van der Waals surface area contributed by atoms with Gasteiger partial charge in [-0.1, -0.05) is 18.2 Å². The highest BCUT2D eigenvalue weighted by Crippen LogP contribution is 2.25. The van der Waals surface area contributed by atoms with Gasteiger partial charge in [0, 0.05) is 44.7 Å². The molecule has 3 rings (SSSR count). The predicted molar refractivity (Wildman–Crippen MR) is 114 cm³/mol. The molecule has 1 aromatic carbocycles. The van der Waals surface area contributed by atoms with Gasteiger partial charge in [-0.05, 0) is 37.9 Å². The van der Waals surface area contributed by atoms with Crippen LogP contribution in [0.4, 0.5) is 0 Å². The lowest BCUT2D eigenvalue weighted by molar-refractivity contribution is -0.125. The number of sulfonamides is 1. The molecule has 2 fully saturated rings. The summed E-state index contributed by atoms with van der Waals surface area (Å²) in [6.45, 7) is 2.63. The summed E-state index contributed by atoms with van der Waals surface area (Å²) in [5.41, 5.74) is 6.50. The van der Waals surface area contributed by atoms with E-state index in [9.17, 15) is 13.2 Å². The fraction of sp³-hybridized carbons (Fsp3) is 0.611. The number of carbonyl (C=O) groups is 1. The quantitative estimate of drug-likeness (QED) is 0.699. The molecule has 10 heteroatoms. The first-order chi connectivity index (χ1) is 12.4. The summed E-state index contributed by atoms with van der Waals surface area (Å²) < 4.78 is 27.6. The van der Waals surface area contributed by atoms with Gasteiger partial charge in [-0.2, -0.15) is 4.31 Å². The zero-order valence-electron chi connectivity index (χ0n) is 16.0. The van der Waals surface area contributed by atoms with Crippen molar-refractivity contribution >= 4 is 40.7 Å². The molecule has 160 valence electrons. The Morgan fingerprint density at radius 1 is 1.14 bits per heavy atom. The van der Waals surface area contributed by atoms with Gasteiger partial charge in [0.1, 0.15) is 0 Å². The smallest absolute Gasteiger partial charge is 0.243 e. The summed E-state index contributed by atoms with van der Waals surface area (Å²) in [7, 11) is -1.57. The molecule has 0 radical (unpaired) electrons. The van der Waals surface area contributed by atoms with E-state index < -0.39 is 10.0 Å². The molecule has 2 atom stereocenters. The molecule has 2 aliphatic rings. The molecule has 1 amide bonds. The van der Waals surface area contributed by atoms with Crippen LogP contribution >= 0.6 is 24.8 Å². The second kappa shape index (κ2) is 10.8. The molecule has 0 aromatic heterocycles. The molecule has 2 unspecified atom stereocenters. The summed E-state index contributed by atoms with van der Waals surface area (Å²) in [5, 5.41) is 2.90. The number of carbonyl (C=O) groups excluding carboxylic acids is 1. The Balaban J connectivity index is 0.00000196. The van der Waals surface area contributed by atoms with Crippen LogP contribution in [0.2, 0.25) is 0 Å². The number of hydrogen-bond acceptors (Lipinski definition) is 5. The van der Waals surface area contributed by atoms with Crippen LogP contribution in [0.25, 0.3) is 0 Å². The first-order valence-electron chi connectivity index (χ1n) is 9.18. The van der Waals surface area contributed by atoms with E-state index in [1.165, 1.54) is 4.31 Å². The first kappa shape index (κ1) is 25.1. The van der Waals surface area contributed by atoms with Crippen molar-refractivity contribution in [3.05, 3.63) is 29.8 Å². The van der Waals surface area contributed by atoms with E-state index in [0.717, 1.165) is 25.9 Å². The molecule has 1 saturated heterocycles. The minimum Gasteiger partial charge on any atom is -0.352 e. The number of likely N-dealkylation sites (N-methyl/N-ethyl adjacent to an activating group) is 1. The molecular formula is C18H30Cl2N4O3S. The number of piperazine rings is 1. The van der Waals surface area contributed by atoms with Gasteiger partial charge >= 0.3 is 0 Å². The molecule has 3 N–H and O–H groups in total. The van der Waals surface area contributed by atoms with E-state index >= 15 is 0 Å². The first-order valence-corrected chi connectivity index (χ1v) is 10.6. The standard InChI is InChI=1S/C18H28N4O3S.2ClH/c1-21-8-10-22(11-9-21)26(24,25)17-5-3-2-4-15(17)13-20-18(23)14-6-7-16(19)12-14;;/h2-5,14,16H,6-13,19H2,1H3,(H,20,23);2*1H. The minimum absolute atomic E-state index is 0. The summed E-state index contributed by atoms with van der Waals surface area (Å²) in [6.07, 6.45) is 2.37. The summed E-state index contributed by atoms with van der Waals surface area (Å²) in [6, 6.07) is 7.01. The molecular weight excluding hydrogens is 423 g/mol. The number of nitrogens with zero attached hydrogens (tertiary/aromatic N) is 2. The van der Waals surface area contributed by atoms with Crippen LogP contribution < -0.4 is 11.1 Å². The van der Waals surface area contributed by atoms with Crippen molar-refractivity contribution in [3.63, 3.8) is 0 Å². The number of nitrogens with one attached hydrogen (secondary N) is 1. The van der Waals surface area contributed by atoms with Crippen LogP contribution in [0.1, 0.15) is 24.8 Å². The Bertz CT molecular complexity index is 755. The highest BCUT2D eigenvalue weighted by atomic mass is 35.5. The molecule has 1 aliphatic heterocycles. The maximum Gasteiger partial charge on any atom is 0.243 e. The zero-order valence-corrected chi connectivity index (χ0v) is 18.5. The lowest BCUT2D eigenvalue weighted by Gasteiger charge is -2.32. The zero-order chi connectivity index (χ0) is 18.7. The number of rotatable bonds is 5. The summed E-state index contributed by atoms with van der Waals surface area (Å²) >= 11 is 0. The number of nitrogens with two attached hydrogens (primary N) is 1. The van der Waals surface area contributed by atoms with Crippen LogP contribution in [0, 0.1) is 5.92 Å². The second-order valence-corrected chi connectivity index (χ2v) is 9.21. The summed E-state index contributed by atoms with van der Waals surface area (Å²) in [5.74, 6) is -0.101. The Labute approximate surface area is 179 Å². The van der Waals surface area contributed by atoms with Gasteiger partial charge in [-0.15, -0.1) is 24.8 Å². The fourth-order valence-corrected chi connectivity index (χ4v) is 5.29. The third-order valence-electron chi connectivity index (χ3n) is 5.35. The predicted octanol–water partition coefficient (Wildman–Crippen LogP) is 1.21. The maximum absolute atomic E-state index is 13.0. The number of hydrogen-bond donors (Lipinski definition) is 2. The average molecular weight is 453 g/mol. The van der Waals surface area contributed by atoms with E-state index in [1.54, 1.807) is 24.3 Å². The molecule has 1 aromatic rings. The highest BCUT2D eigenvalue weighted by Gasteiger charge is 2.30. The molecule has 0 spiro atoms. The number of amides is 1. The summed E-state index contributed by atoms with van der Waals surface area (Å²) in [4.78, 5) is 14.7. The molecule has 1 aliphatic carbocycles. The SMILES string of the molecule is CN1CCN(S(=O)(=O)c2ccccc2CNC(=O)C2CCC(N)C2)CC1.Cl.Cl. The van der Waals surface area contributed by atoms with Gasteiger partial charge in [0.25, 0.3) is 0 Å². The second-order valence-electron chi connectivity index (χ2n) is 7.30. The Morgan fingerprint density at radius 2 is 1.79 bits per heavy atom. The van der Waals surface area contributed by atoms with E-state index in [-0.39, 0.29) is 54.1 Å². The van der Waals surface area contributed by atoms with Gasteiger partial charge in [-0.3, -0.25) is 4.79 Å². The van der Waals surface area contributed by atoms with Crippen LogP contribution in [0.15, 0.2) is 29.2 Å². The average Bonchev–Trinajstić information content (AvgIpc) is 3.07. The normalized spacial score (nSPS) is 23.5. The van der Waals surface area contributed by atoms with Gasteiger partial charge in [0.2, 0.25) is 15.9 Å². The Kier molecular flexibility index (Phi) is 9.66. The van der Waals surface area contributed by atoms with Crippen molar-refractivity contribution in [2.24, 2.45) is 11.7 Å². The van der Waals surface area contributed by atoms with E-state index in [4.69, 9.17) is 5.73 Å². The minimum atomic E-state index is -3.56. The third kappa shape index (κ3) is 5.81. The van der Waals surface area contributed by atoms with Crippen molar-refractivity contribution in [1.82, 2.24) is 14.5 Å². The molecule has 1 heterocycles. The molecule has 0 bridgehead atoms. The van der Waals surface area contributed by atoms with E-state index in [0.29, 0.717) is 25.1 Å². The lowest BCUT2D eigenvalue weighted by Crippen LogP contribution is -2.47. The van der Waals surface area contributed by atoms with E-state index in [1.807, 2.05) is 7.05 Å². The fourth-order valence-electron chi connectivity index (χ4n) is 3.65. The Hall–Kier alpha value is -0.900. The monoisotopic (exact) mass is 452 g/mol. The molecule has 7 nitrogen and oxygen atoms in total. The van der Waals surface area contributed by atoms with E-state index in [2.05, 4.69) is 10.2 Å². The largest absolute Gasteiger partial charge is 0.352 e. The Morgan fingerprint density at radius 3 is 2.39 bits per heavy atom. The third-order valence-corrected chi connectivity index (χ3v) is 7.35. The van der Waals surface area contributed by atoms with Crippen molar-refractivity contribution in [3.8, 4) is 0 Å². The lowest BCUT2D eigenvalue weighted by atomic mass is 10.1. The van der Waals surface area contributed by atoms with Crippen molar-refractivity contribution in [1.29, 1.82) is 0 Å². The van der Waals surface area contributed by atoms with Crippen LogP contribution in [-0.4, -0.2) is 62.8 Å². The van der Waals surface area contributed by atoms with Gasteiger partial charge in [0.05, 0.1) is 4.90 Å². The number of benzene rings is 1. The van der Waals surface area contributed by atoms with Gasteiger partial charge in [0.15, 0.2) is 0 Å².